The van der Waals surface area contributed by atoms with Crippen LogP contribution in [0.2, 0.25) is 0 Å². The van der Waals surface area contributed by atoms with Gasteiger partial charge in [-0.25, -0.2) is 13.8 Å². The van der Waals surface area contributed by atoms with Crippen LogP contribution in [0, 0.1) is 11.6 Å². The van der Waals surface area contributed by atoms with E-state index in [1.807, 2.05) is 4.57 Å². The highest BCUT2D eigenvalue weighted by atomic mass is 19.4. The standard InChI is InChI=1S/C36H33F5N4O3/c37-30-13-7-25(8-14-30)32-33(26-9-15-31(38)16-10-26)45(34(44-32)27-5-11-29(12-6-27)36(39,40)41)23-24-1-3-28(4-2-24)35(46)43-18-20-48-22-21-47-19-17-42/h1-16H,17-23,42H2,(H,43,46). The number of aromatic nitrogens is 2. The molecule has 1 amide bonds. The van der Waals surface area contributed by atoms with E-state index in [-0.39, 0.29) is 12.5 Å². The minimum Gasteiger partial charge on any atom is -0.378 e. The third-order valence-electron chi connectivity index (χ3n) is 7.40. The molecular weight excluding hydrogens is 631 g/mol. The molecule has 1 heterocycles. The Morgan fingerprint density at radius 1 is 0.729 bits per heavy atom. The lowest BCUT2D eigenvalue weighted by molar-refractivity contribution is -0.137. The van der Waals surface area contributed by atoms with Gasteiger partial charge in [0.2, 0.25) is 0 Å². The van der Waals surface area contributed by atoms with Gasteiger partial charge < -0.3 is 25.1 Å². The number of hydrogen-bond donors (Lipinski definition) is 2. The molecular formula is C36H33F5N4O3. The van der Waals surface area contributed by atoms with Crippen molar-refractivity contribution in [1.82, 2.24) is 14.9 Å². The molecule has 1 aromatic heterocycles. The molecule has 7 nitrogen and oxygen atoms in total. The van der Waals surface area contributed by atoms with E-state index in [1.54, 1.807) is 48.5 Å². The van der Waals surface area contributed by atoms with Crippen molar-refractivity contribution in [2.24, 2.45) is 5.73 Å². The number of amides is 1. The maximum atomic E-state index is 14.0. The van der Waals surface area contributed by atoms with Crippen LogP contribution in [0.4, 0.5) is 22.0 Å². The molecule has 3 N–H and O–H groups in total. The van der Waals surface area contributed by atoms with Crippen molar-refractivity contribution in [3.05, 3.63) is 125 Å². The van der Waals surface area contributed by atoms with Gasteiger partial charge in [0, 0.05) is 41.9 Å². The van der Waals surface area contributed by atoms with E-state index in [0.29, 0.717) is 79.0 Å². The number of nitrogens with two attached hydrogens (primary N) is 1. The molecule has 0 bridgehead atoms. The highest BCUT2D eigenvalue weighted by molar-refractivity contribution is 5.94. The average molecular weight is 665 g/mol. The van der Waals surface area contributed by atoms with Gasteiger partial charge in [-0.05, 0) is 78.4 Å². The SMILES string of the molecule is NCCOCCOCCNC(=O)c1ccc(Cn2c(-c3ccc(C(F)(F)F)cc3)nc(-c3ccc(F)cc3)c2-c2ccc(F)cc2)cc1. The first-order valence-electron chi connectivity index (χ1n) is 15.2. The van der Waals surface area contributed by atoms with Gasteiger partial charge in [0.1, 0.15) is 17.5 Å². The monoisotopic (exact) mass is 664 g/mol. The number of halogens is 5. The molecule has 12 heteroatoms. The van der Waals surface area contributed by atoms with Gasteiger partial charge in [-0.3, -0.25) is 4.79 Å². The smallest absolute Gasteiger partial charge is 0.378 e. The number of rotatable bonds is 14. The topological polar surface area (TPSA) is 91.4 Å². The van der Waals surface area contributed by atoms with Crippen LogP contribution >= 0.6 is 0 Å². The molecule has 0 aliphatic rings. The number of carbonyl (C=O) groups is 1. The lowest BCUT2D eigenvalue weighted by Gasteiger charge is -2.15. The van der Waals surface area contributed by atoms with E-state index in [4.69, 9.17) is 20.2 Å². The quantitative estimate of drug-likeness (QED) is 0.0991. The highest BCUT2D eigenvalue weighted by Crippen LogP contribution is 2.38. The van der Waals surface area contributed by atoms with Crippen molar-refractivity contribution in [2.45, 2.75) is 12.7 Å². The maximum absolute atomic E-state index is 14.0. The number of nitrogens with one attached hydrogen (secondary N) is 1. The van der Waals surface area contributed by atoms with E-state index >= 15 is 0 Å². The third kappa shape index (κ3) is 8.71. The molecule has 0 aliphatic carbocycles. The van der Waals surface area contributed by atoms with Crippen molar-refractivity contribution in [2.75, 3.05) is 39.5 Å². The van der Waals surface area contributed by atoms with Gasteiger partial charge in [0.15, 0.2) is 0 Å². The second-order valence-electron chi connectivity index (χ2n) is 10.8. The molecule has 250 valence electrons. The number of hydrogen-bond acceptors (Lipinski definition) is 5. The molecule has 0 unspecified atom stereocenters. The second-order valence-corrected chi connectivity index (χ2v) is 10.8. The molecule has 48 heavy (non-hydrogen) atoms. The molecule has 5 aromatic rings. The van der Waals surface area contributed by atoms with E-state index in [1.165, 1.54) is 36.4 Å². The fourth-order valence-corrected chi connectivity index (χ4v) is 5.03. The molecule has 0 saturated heterocycles. The predicted octanol–water partition coefficient (Wildman–Crippen LogP) is 6.95. The molecule has 0 radical (unpaired) electrons. The van der Waals surface area contributed by atoms with Crippen LogP contribution < -0.4 is 11.1 Å². The van der Waals surface area contributed by atoms with Gasteiger partial charge in [-0.1, -0.05) is 24.3 Å². The van der Waals surface area contributed by atoms with E-state index < -0.39 is 23.4 Å². The molecule has 0 spiro atoms. The Morgan fingerprint density at radius 3 is 1.88 bits per heavy atom. The Bertz CT molecular complexity index is 1790. The van der Waals surface area contributed by atoms with Crippen molar-refractivity contribution in [3.8, 4) is 33.9 Å². The number of nitrogens with zero attached hydrogens (tertiary/aromatic N) is 2. The number of imidazole rings is 1. The zero-order valence-corrected chi connectivity index (χ0v) is 25.8. The van der Waals surface area contributed by atoms with Crippen LogP contribution in [-0.4, -0.2) is 55.0 Å². The average Bonchev–Trinajstić information content (AvgIpc) is 3.45. The van der Waals surface area contributed by atoms with Gasteiger partial charge in [-0.2, -0.15) is 13.2 Å². The number of benzene rings is 4. The van der Waals surface area contributed by atoms with Crippen molar-refractivity contribution in [3.63, 3.8) is 0 Å². The summed E-state index contributed by atoms with van der Waals surface area (Å²) in [5, 5.41) is 2.80. The highest BCUT2D eigenvalue weighted by Gasteiger charge is 2.30. The van der Waals surface area contributed by atoms with Crippen LogP contribution in [0.25, 0.3) is 33.9 Å². The summed E-state index contributed by atoms with van der Waals surface area (Å²) in [4.78, 5) is 17.6. The number of alkyl halides is 3. The van der Waals surface area contributed by atoms with E-state index in [9.17, 15) is 26.7 Å². The lowest BCUT2D eigenvalue weighted by Crippen LogP contribution is -2.27. The molecule has 0 fully saturated rings. The summed E-state index contributed by atoms with van der Waals surface area (Å²) in [7, 11) is 0. The largest absolute Gasteiger partial charge is 0.416 e. The first kappa shape index (κ1) is 34.4. The third-order valence-corrected chi connectivity index (χ3v) is 7.40. The van der Waals surface area contributed by atoms with Gasteiger partial charge in [0.05, 0.1) is 43.4 Å². The van der Waals surface area contributed by atoms with Crippen LogP contribution in [0.3, 0.4) is 0 Å². The predicted molar refractivity (Wildman–Crippen MR) is 172 cm³/mol. The fraction of sp³-hybridized carbons (Fsp3) is 0.222. The van der Waals surface area contributed by atoms with E-state index in [2.05, 4.69) is 5.32 Å². The Balaban J connectivity index is 1.46. The molecule has 0 atom stereocenters. The molecule has 0 aliphatic heterocycles. The molecule has 4 aromatic carbocycles. The van der Waals surface area contributed by atoms with Crippen LogP contribution in [0.1, 0.15) is 21.5 Å². The summed E-state index contributed by atoms with van der Waals surface area (Å²) >= 11 is 0. The first-order valence-corrected chi connectivity index (χ1v) is 15.2. The first-order chi connectivity index (χ1) is 23.1. The number of carbonyl (C=O) groups excluding carboxylic acids is 1. The summed E-state index contributed by atoms with van der Waals surface area (Å²) < 4.78 is 80.5. The van der Waals surface area contributed by atoms with E-state index in [0.717, 1.165) is 17.7 Å². The van der Waals surface area contributed by atoms with Gasteiger partial charge in [0.25, 0.3) is 5.91 Å². The van der Waals surface area contributed by atoms with Crippen molar-refractivity contribution >= 4 is 5.91 Å². The number of ether oxygens (including phenoxy) is 2. The van der Waals surface area contributed by atoms with Gasteiger partial charge in [-0.15, -0.1) is 0 Å². The zero-order valence-electron chi connectivity index (χ0n) is 25.8. The summed E-state index contributed by atoms with van der Waals surface area (Å²) in [6, 6.07) is 23.0. The Kier molecular flexibility index (Phi) is 11.3. The minimum atomic E-state index is -4.52. The second kappa shape index (κ2) is 15.8. The van der Waals surface area contributed by atoms with Crippen molar-refractivity contribution in [1.29, 1.82) is 0 Å². The fourth-order valence-electron chi connectivity index (χ4n) is 5.03. The Labute approximate surface area is 274 Å². The summed E-state index contributed by atoms with van der Waals surface area (Å²) in [6.45, 7) is 2.50. The van der Waals surface area contributed by atoms with Gasteiger partial charge >= 0.3 is 6.18 Å². The lowest BCUT2D eigenvalue weighted by atomic mass is 10.0. The minimum absolute atomic E-state index is 0.194. The summed E-state index contributed by atoms with van der Waals surface area (Å²) in [5.41, 5.74) is 8.27. The zero-order chi connectivity index (χ0) is 34.1. The Hall–Kier alpha value is -4.91. The van der Waals surface area contributed by atoms with Crippen LogP contribution in [0.5, 0.6) is 0 Å². The Morgan fingerprint density at radius 2 is 1.29 bits per heavy atom. The normalized spacial score (nSPS) is 11.5. The molecule has 0 saturated carbocycles. The van der Waals surface area contributed by atoms with Crippen LogP contribution in [0.15, 0.2) is 97.1 Å². The summed E-state index contributed by atoms with van der Waals surface area (Å²) in [6.07, 6.45) is -4.52. The maximum Gasteiger partial charge on any atom is 0.416 e. The van der Waals surface area contributed by atoms with Crippen LogP contribution in [-0.2, 0) is 22.2 Å². The molecule has 5 rings (SSSR count). The summed E-state index contributed by atoms with van der Waals surface area (Å²) in [5.74, 6) is -0.844. The van der Waals surface area contributed by atoms with Crippen molar-refractivity contribution < 1.29 is 36.2 Å².